The Labute approximate surface area is 74.1 Å². The molecule has 0 aromatic rings. The van der Waals surface area contributed by atoms with E-state index in [9.17, 15) is 9.59 Å². The van der Waals surface area contributed by atoms with Gasteiger partial charge in [0.05, 0.1) is 6.42 Å². The van der Waals surface area contributed by atoms with E-state index in [1.165, 1.54) is 0 Å². The quantitative estimate of drug-likeness (QED) is 0.333. The van der Waals surface area contributed by atoms with Crippen molar-refractivity contribution in [3.8, 4) is 0 Å². The lowest BCUT2D eigenvalue weighted by Crippen LogP contribution is -2.11. The molecule has 0 aromatic carbocycles. The molecule has 0 radical (unpaired) electrons. The Hall–Kier alpha value is -1.10. The molecule has 0 aromatic heterocycles. The van der Waals surface area contributed by atoms with Gasteiger partial charge >= 0.3 is 5.97 Å². The van der Waals surface area contributed by atoms with Gasteiger partial charge in [0, 0.05) is 5.57 Å². The summed E-state index contributed by atoms with van der Waals surface area (Å²) in [6, 6.07) is 0. The lowest BCUT2D eigenvalue weighted by molar-refractivity contribution is -0.142. The summed E-state index contributed by atoms with van der Waals surface area (Å²) in [5, 5.41) is 0. The van der Waals surface area contributed by atoms with Gasteiger partial charge in [-0.1, -0.05) is 6.58 Å². The van der Waals surface area contributed by atoms with Crippen LogP contribution < -0.4 is 0 Å². The molecular formula is C7H12O4Si. The lowest BCUT2D eigenvalue weighted by atomic mass is 10.4. The summed E-state index contributed by atoms with van der Waals surface area (Å²) in [5.74, 6) is -0.813. The third kappa shape index (κ3) is 4.67. The van der Waals surface area contributed by atoms with Crippen LogP contribution in [0.1, 0.15) is 13.3 Å². The monoisotopic (exact) mass is 188 g/mol. The van der Waals surface area contributed by atoms with Gasteiger partial charge < -0.3 is 9.16 Å². The number of hydrogen-bond donors (Lipinski definition) is 0. The van der Waals surface area contributed by atoms with Crippen molar-refractivity contribution in [3.05, 3.63) is 12.2 Å². The first kappa shape index (κ1) is 10.9. The number of hydrogen-bond acceptors (Lipinski definition) is 4. The number of carbonyl (C=O) groups is 2. The highest BCUT2D eigenvalue weighted by atomic mass is 28.2. The highest BCUT2D eigenvalue weighted by Crippen LogP contribution is 1.93. The number of esters is 1. The van der Waals surface area contributed by atoms with Gasteiger partial charge in [-0.3, -0.25) is 4.79 Å². The standard InChI is InChI=1S/C7H12O4Si/c1-5(2)7(9)10-4-3-6(8)11-12/h1,3-4H2,2,12H3. The highest BCUT2D eigenvalue weighted by molar-refractivity contribution is 6.05. The van der Waals surface area contributed by atoms with E-state index < -0.39 is 5.97 Å². The Bertz CT molecular complexity index is 200. The second-order valence-corrected chi connectivity index (χ2v) is 2.65. The smallest absolute Gasteiger partial charge is 0.333 e. The fourth-order valence-electron chi connectivity index (χ4n) is 0.452. The SMILES string of the molecule is C=C(C)C(=O)OCCC(=O)O[SiH3]. The summed E-state index contributed by atoms with van der Waals surface area (Å²) < 4.78 is 9.13. The van der Waals surface area contributed by atoms with E-state index in [1.807, 2.05) is 0 Å². The Morgan fingerprint density at radius 1 is 1.50 bits per heavy atom. The minimum absolute atomic E-state index is 0.0623. The van der Waals surface area contributed by atoms with Gasteiger partial charge in [-0.25, -0.2) is 4.79 Å². The van der Waals surface area contributed by atoms with Crippen molar-refractivity contribution in [1.29, 1.82) is 0 Å². The second-order valence-electron chi connectivity index (χ2n) is 2.24. The molecule has 0 unspecified atom stereocenters. The maximum Gasteiger partial charge on any atom is 0.333 e. The molecule has 0 rings (SSSR count). The first-order valence-corrected chi connectivity index (χ1v) is 4.29. The first-order valence-electron chi connectivity index (χ1n) is 3.47. The maximum atomic E-state index is 10.7. The van der Waals surface area contributed by atoms with Gasteiger partial charge in [0.15, 0.2) is 0 Å². The minimum atomic E-state index is -0.476. The van der Waals surface area contributed by atoms with E-state index in [2.05, 4.69) is 15.7 Å². The Kier molecular flexibility index (Phi) is 5.03. The molecule has 5 heteroatoms. The summed E-state index contributed by atoms with van der Waals surface area (Å²) in [6.07, 6.45) is 0.114. The molecule has 0 saturated carbocycles. The van der Waals surface area contributed by atoms with Crippen molar-refractivity contribution in [1.82, 2.24) is 0 Å². The molecule has 0 spiro atoms. The summed E-state index contributed by atoms with van der Waals surface area (Å²) >= 11 is 0. The van der Waals surface area contributed by atoms with Crippen LogP contribution in [0.15, 0.2) is 12.2 Å². The average Bonchev–Trinajstić information content (AvgIpc) is 2.03. The summed E-state index contributed by atoms with van der Waals surface area (Å²) in [6.45, 7) is 5.00. The molecular weight excluding hydrogens is 176 g/mol. The average molecular weight is 188 g/mol. The molecule has 0 aliphatic carbocycles. The molecule has 0 atom stereocenters. The fourth-order valence-corrected chi connectivity index (χ4v) is 0.656. The zero-order valence-electron chi connectivity index (χ0n) is 7.25. The van der Waals surface area contributed by atoms with Crippen LogP contribution in [0.4, 0.5) is 0 Å². The molecule has 0 aliphatic rings. The fraction of sp³-hybridized carbons (Fsp3) is 0.429. The summed E-state index contributed by atoms with van der Waals surface area (Å²) in [4.78, 5) is 21.3. The van der Waals surface area contributed by atoms with Crippen LogP contribution in [0.3, 0.4) is 0 Å². The molecule has 0 N–H and O–H groups in total. The van der Waals surface area contributed by atoms with Gasteiger partial charge in [0.1, 0.15) is 6.61 Å². The predicted molar refractivity (Wildman–Crippen MR) is 46.4 cm³/mol. The van der Waals surface area contributed by atoms with Crippen molar-refractivity contribution in [2.24, 2.45) is 0 Å². The Balaban J connectivity index is 3.50. The molecule has 0 heterocycles. The molecule has 0 bridgehead atoms. The largest absolute Gasteiger partial charge is 0.529 e. The maximum absolute atomic E-state index is 10.7. The number of carbonyl (C=O) groups excluding carboxylic acids is 2. The van der Waals surface area contributed by atoms with Crippen LogP contribution in [0, 0.1) is 0 Å². The highest BCUT2D eigenvalue weighted by Gasteiger charge is 2.04. The van der Waals surface area contributed by atoms with Gasteiger partial charge in [0.25, 0.3) is 5.97 Å². The first-order chi connectivity index (χ1) is 5.57. The zero-order chi connectivity index (χ0) is 9.56. The van der Waals surface area contributed by atoms with Crippen molar-refractivity contribution in [3.63, 3.8) is 0 Å². The van der Waals surface area contributed by atoms with Crippen molar-refractivity contribution in [2.45, 2.75) is 13.3 Å². The molecule has 68 valence electrons. The van der Waals surface area contributed by atoms with E-state index in [1.54, 1.807) is 6.92 Å². The summed E-state index contributed by atoms with van der Waals surface area (Å²) in [5.41, 5.74) is 0.328. The predicted octanol–water partition coefficient (Wildman–Crippen LogP) is -0.681. The third-order valence-electron chi connectivity index (χ3n) is 1.12. The lowest BCUT2D eigenvalue weighted by Gasteiger charge is -2.02. The van der Waals surface area contributed by atoms with Crippen LogP contribution >= 0.6 is 0 Å². The van der Waals surface area contributed by atoms with Gasteiger partial charge in [-0.15, -0.1) is 0 Å². The third-order valence-corrected chi connectivity index (χ3v) is 1.57. The second kappa shape index (κ2) is 5.53. The Morgan fingerprint density at radius 2 is 2.08 bits per heavy atom. The number of ether oxygens (including phenoxy) is 1. The normalized spacial score (nSPS) is 9.08. The molecule has 0 saturated heterocycles. The molecule has 0 amide bonds. The van der Waals surface area contributed by atoms with E-state index in [-0.39, 0.29) is 19.0 Å². The van der Waals surface area contributed by atoms with Gasteiger partial charge in [0.2, 0.25) is 10.5 Å². The van der Waals surface area contributed by atoms with E-state index in [4.69, 9.17) is 0 Å². The topological polar surface area (TPSA) is 52.6 Å². The Morgan fingerprint density at radius 3 is 2.50 bits per heavy atom. The van der Waals surface area contributed by atoms with Crippen LogP contribution in [-0.2, 0) is 18.8 Å². The van der Waals surface area contributed by atoms with E-state index >= 15 is 0 Å². The van der Waals surface area contributed by atoms with Crippen molar-refractivity contribution in [2.75, 3.05) is 6.61 Å². The zero-order valence-corrected chi connectivity index (χ0v) is 9.25. The molecule has 0 aliphatic heterocycles. The molecule has 12 heavy (non-hydrogen) atoms. The minimum Gasteiger partial charge on any atom is -0.529 e. The van der Waals surface area contributed by atoms with E-state index in [0.717, 1.165) is 0 Å². The van der Waals surface area contributed by atoms with Crippen LogP contribution in [0.5, 0.6) is 0 Å². The number of rotatable bonds is 4. The molecule has 4 nitrogen and oxygen atoms in total. The van der Waals surface area contributed by atoms with Crippen molar-refractivity contribution >= 4 is 22.4 Å². The van der Waals surface area contributed by atoms with Crippen molar-refractivity contribution < 1.29 is 18.8 Å². The summed E-state index contributed by atoms with van der Waals surface area (Å²) in [7, 11) is 0.375. The van der Waals surface area contributed by atoms with Crippen LogP contribution in [-0.4, -0.2) is 29.0 Å². The van der Waals surface area contributed by atoms with Gasteiger partial charge in [-0.2, -0.15) is 0 Å². The van der Waals surface area contributed by atoms with Gasteiger partial charge in [-0.05, 0) is 6.92 Å². The van der Waals surface area contributed by atoms with E-state index in [0.29, 0.717) is 16.1 Å². The van der Waals surface area contributed by atoms with Crippen LogP contribution in [0.25, 0.3) is 0 Å². The molecule has 0 fully saturated rings. The van der Waals surface area contributed by atoms with Crippen LogP contribution in [0.2, 0.25) is 0 Å².